The van der Waals surface area contributed by atoms with E-state index in [-0.39, 0.29) is 11.7 Å². The van der Waals surface area contributed by atoms with Crippen molar-refractivity contribution in [3.8, 4) is 0 Å². The van der Waals surface area contributed by atoms with Gasteiger partial charge >= 0.3 is 0 Å². The van der Waals surface area contributed by atoms with Gasteiger partial charge in [0.05, 0.1) is 16.8 Å². The minimum absolute atomic E-state index is 0.160. The van der Waals surface area contributed by atoms with E-state index in [4.69, 9.17) is 0 Å². The number of H-pyrrole nitrogens is 1. The second-order valence-electron chi connectivity index (χ2n) is 5.87. The highest BCUT2D eigenvalue weighted by molar-refractivity contribution is 7.99. The van der Waals surface area contributed by atoms with Gasteiger partial charge in [-0.25, -0.2) is 9.37 Å². The number of thioether (sulfide) groups is 1. The van der Waals surface area contributed by atoms with Crippen LogP contribution < -0.4 is 0 Å². The molecule has 3 rings (SSSR count). The molecule has 0 atom stereocenters. The van der Waals surface area contributed by atoms with E-state index in [1.807, 2.05) is 7.05 Å². The van der Waals surface area contributed by atoms with Crippen LogP contribution in [0.5, 0.6) is 0 Å². The van der Waals surface area contributed by atoms with Crippen molar-refractivity contribution in [1.82, 2.24) is 14.9 Å². The number of hydrogen-bond donors (Lipinski definition) is 1. The summed E-state index contributed by atoms with van der Waals surface area (Å²) in [4.78, 5) is 21.3. The first-order chi connectivity index (χ1) is 10.6. The minimum atomic E-state index is -0.275. The lowest BCUT2D eigenvalue weighted by molar-refractivity contribution is -0.127. The zero-order chi connectivity index (χ0) is 15.5. The maximum atomic E-state index is 13.1. The van der Waals surface area contributed by atoms with Crippen molar-refractivity contribution < 1.29 is 9.18 Å². The Morgan fingerprint density at radius 2 is 2.32 bits per heavy atom. The van der Waals surface area contributed by atoms with Crippen LogP contribution in [0, 0.1) is 11.7 Å². The monoisotopic (exact) mass is 321 g/mol. The zero-order valence-corrected chi connectivity index (χ0v) is 13.5. The van der Waals surface area contributed by atoms with Crippen LogP contribution in [0.3, 0.4) is 0 Å². The highest BCUT2D eigenvalue weighted by Crippen LogP contribution is 2.32. The second kappa shape index (κ2) is 6.69. The largest absolute Gasteiger partial charge is 0.345 e. The Labute approximate surface area is 133 Å². The first-order valence-corrected chi connectivity index (χ1v) is 8.73. The molecule has 0 radical (unpaired) electrons. The second-order valence-corrected chi connectivity index (χ2v) is 6.90. The van der Waals surface area contributed by atoms with Crippen molar-refractivity contribution in [2.24, 2.45) is 5.92 Å². The third-order valence-electron chi connectivity index (χ3n) is 3.88. The first kappa shape index (κ1) is 15.3. The maximum Gasteiger partial charge on any atom is 0.232 e. The normalized spacial score (nSPS) is 14.5. The average molecular weight is 321 g/mol. The fraction of sp³-hybridized carbons (Fsp3) is 0.500. The number of benzene rings is 1. The molecule has 0 saturated heterocycles. The summed E-state index contributed by atoms with van der Waals surface area (Å²) < 4.78 is 13.1. The predicted octanol–water partition coefficient (Wildman–Crippen LogP) is 2.85. The molecule has 22 heavy (non-hydrogen) atoms. The summed E-state index contributed by atoms with van der Waals surface area (Å²) in [7, 11) is 1.82. The third-order valence-corrected chi connectivity index (χ3v) is 5.04. The Morgan fingerprint density at radius 3 is 3.09 bits per heavy atom. The molecule has 1 fully saturated rings. The lowest BCUT2D eigenvalue weighted by atomic mass is 10.3. The number of carbonyl (C=O) groups is 1. The number of nitrogens with one attached hydrogen (secondary N) is 1. The number of halogens is 1. The molecule has 1 aliphatic carbocycles. The summed E-state index contributed by atoms with van der Waals surface area (Å²) in [5.74, 6) is 3.17. The molecule has 0 aliphatic heterocycles. The van der Waals surface area contributed by atoms with E-state index in [0.29, 0.717) is 24.2 Å². The lowest BCUT2D eigenvalue weighted by Gasteiger charge is -2.16. The minimum Gasteiger partial charge on any atom is -0.345 e. The molecular weight excluding hydrogens is 301 g/mol. The standard InChI is InChI=1S/C16H20FN3OS/c1-20(16(21)10-22-9-11-2-3-11)7-6-15-18-13-5-4-12(17)8-14(13)19-15/h4-5,8,11H,2-3,6-7,9-10H2,1H3,(H,18,19). The van der Waals surface area contributed by atoms with Crippen LogP contribution >= 0.6 is 11.8 Å². The number of aromatic amines is 1. The fourth-order valence-corrected chi connectivity index (χ4v) is 3.44. The first-order valence-electron chi connectivity index (χ1n) is 7.57. The van der Waals surface area contributed by atoms with Gasteiger partial charge in [0.1, 0.15) is 11.6 Å². The van der Waals surface area contributed by atoms with E-state index < -0.39 is 0 Å². The third kappa shape index (κ3) is 4.00. The van der Waals surface area contributed by atoms with Gasteiger partial charge < -0.3 is 9.88 Å². The molecule has 6 heteroatoms. The Balaban J connectivity index is 1.48. The highest BCUT2D eigenvalue weighted by atomic mass is 32.2. The summed E-state index contributed by atoms with van der Waals surface area (Å²) in [5.41, 5.74) is 1.45. The molecule has 1 aromatic heterocycles. The molecule has 0 unspecified atom stereocenters. The van der Waals surface area contributed by atoms with Crippen LogP contribution in [0.1, 0.15) is 18.7 Å². The van der Waals surface area contributed by atoms with Crippen LogP contribution in [-0.2, 0) is 11.2 Å². The number of hydrogen-bond acceptors (Lipinski definition) is 3. The average Bonchev–Trinajstić information content (AvgIpc) is 3.22. The number of likely N-dealkylation sites (N-methyl/N-ethyl adjacent to an activating group) is 1. The summed E-state index contributed by atoms with van der Waals surface area (Å²) in [5, 5.41) is 0. The van der Waals surface area contributed by atoms with Crippen LogP contribution in [0.15, 0.2) is 18.2 Å². The topological polar surface area (TPSA) is 49.0 Å². The number of amides is 1. The number of nitrogens with zero attached hydrogens (tertiary/aromatic N) is 2. The molecule has 1 heterocycles. The molecule has 2 aromatic rings. The molecule has 4 nitrogen and oxygen atoms in total. The Hall–Kier alpha value is -1.56. The molecule has 118 valence electrons. The van der Waals surface area contributed by atoms with Gasteiger partial charge in [0.25, 0.3) is 0 Å². The van der Waals surface area contributed by atoms with Gasteiger partial charge in [-0.05, 0) is 42.7 Å². The van der Waals surface area contributed by atoms with Gasteiger partial charge in [0.2, 0.25) is 5.91 Å². The maximum absolute atomic E-state index is 13.1. The van der Waals surface area contributed by atoms with E-state index in [9.17, 15) is 9.18 Å². The molecule has 1 aliphatic rings. The molecule has 1 aromatic carbocycles. The Kier molecular flexibility index (Phi) is 4.66. The van der Waals surface area contributed by atoms with Gasteiger partial charge in [0.15, 0.2) is 0 Å². The lowest BCUT2D eigenvalue weighted by Crippen LogP contribution is -2.30. The quantitative estimate of drug-likeness (QED) is 0.853. The number of carbonyl (C=O) groups excluding carboxylic acids is 1. The summed E-state index contributed by atoms with van der Waals surface area (Å²) in [6.45, 7) is 0.616. The van der Waals surface area contributed by atoms with Crippen LogP contribution in [0.2, 0.25) is 0 Å². The van der Waals surface area contributed by atoms with E-state index in [2.05, 4.69) is 9.97 Å². The highest BCUT2D eigenvalue weighted by Gasteiger charge is 2.21. The van der Waals surface area contributed by atoms with Crippen molar-refractivity contribution in [2.45, 2.75) is 19.3 Å². The van der Waals surface area contributed by atoms with Crippen molar-refractivity contribution in [3.05, 3.63) is 29.8 Å². The van der Waals surface area contributed by atoms with Crippen LogP contribution in [-0.4, -0.2) is 45.9 Å². The SMILES string of the molecule is CN(CCc1nc2ccc(F)cc2[nH]1)C(=O)CSCC1CC1. The van der Waals surface area contributed by atoms with Gasteiger partial charge in [0, 0.05) is 20.0 Å². The molecular formula is C16H20FN3OS. The van der Waals surface area contributed by atoms with Crippen molar-refractivity contribution in [1.29, 1.82) is 0 Å². The van der Waals surface area contributed by atoms with Gasteiger partial charge in [-0.1, -0.05) is 0 Å². The molecule has 0 spiro atoms. The smallest absolute Gasteiger partial charge is 0.232 e. The van der Waals surface area contributed by atoms with Gasteiger partial charge in [-0.3, -0.25) is 4.79 Å². The van der Waals surface area contributed by atoms with E-state index in [1.54, 1.807) is 22.7 Å². The number of aromatic nitrogens is 2. The van der Waals surface area contributed by atoms with Gasteiger partial charge in [-0.15, -0.1) is 0 Å². The van der Waals surface area contributed by atoms with Crippen LogP contribution in [0.25, 0.3) is 11.0 Å². The number of rotatable bonds is 7. The van der Waals surface area contributed by atoms with Crippen molar-refractivity contribution >= 4 is 28.7 Å². The van der Waals surface area contributed by atoms with E-state index >= 15 is 0 Å². The zero-order valence-electron chi connectivity index (χ0n) is 12.6. The predicted molar refractivity (Wildman–Crippen MR) is 87.4 cm³/mol. The molecule has 0 bridgehead atoms. The number of fused-ring (bicyclic) bond motifs is 1. The molecule has 1 amide bonds. The summed E-state index contributed by atoms with van der Waals surface area (Å²) >= 11 is 1.73. The summed E-state index contributed by atoms with van der Waals surface area (Å²) in [6.07, 6.45) is 3.29. The van der Waals surface area contributed by atoms with E-state index in [0.717, 1.165) is 23.0 Å². The Bertz CT molecular complexity index is 668. The van der Waals surface area contributed by atoms with E-state index in [1.165, 1.54) is 25.0 Å². The van der Waals surface area contributed by atoms with Gasteiger partial charge in [-0.2, -0.15) is 11.8 Å². The summed E-state index contributed by atoms with van der Waals surface area (Å²) in [6, 6.07) is 4.50. The molecule has 1 N–H and O–H groups in total. The fourth-order valence-electron chi connectivity index (χ4n) is 2.26. The van der Waals surface area contributed by atoms with Crippen molar-refractivity contribution in [2.75, 3.05) is 25.1 Å². The molecule has 1 saturated carbocycles. The Morgan fingerprint density at radius 1 is 1.50 bits per heavy atom. The van der Waals surface area contributed by atoms with Crippen molar-refractivity contribution in [3.63, 3.8) is 0 Å². The van der Waals surface area contributed by atoms with Crippen LogP contribution in [0.4, 0.5) is 4.39 Å². The number of imidazole rings is 1.